The highest BCUT2D eigenvalue weighted by molar-refractivity contribution is 9.11. The van der Waals surface area contributed by atoms with Gasteiger partial charge in [0, 0.05) is 8.95 Å². The molecule has 17 heavy (non-hydrogen) atoms. The minimum absolute atomic E-state index is 0.409. The third kappa shape index (κ3) is 4.10. The van der Waals surface area contributed by atoms with Gasteiger partial charge in [0.05, 0.1) is 18.2 Å². The van der Waals surface area contributed by atoms with E-state index in [4.69, 9.17) is 10.8 Å². The Hall–Kier alpha value is -0.920. The highest BCUT2D eigenvalue weighted by Crippen LogP contribution is 2.30. The van der Waals surface area contributed by atoms with E-state index in [1.165, 1.54) is 0 Å². The second-order valence-corrected chi connectivity index (χ2v) is 5.00. The Labute approximate surface area is 115 Å². The minimum Gasteiger partial charge on any atom is -0.481 e. The number of anilines is 1. The van der Waals surface area contributed by atoms with Crippen molar-refractivity contribution in [2.24, 2.45) is 5.73 Å². The number of carboxylic acid groups (broad SMARTS) is 1. The van der Waals surface area contributed by atoms with Crippen molar-refractivity contribution < 1.29 is 14.7 Å². The van der Waals surface area contributed by atoms with Crippen LogP contribution in [0.5, 0.6) is 0 Å². The SMILES string of the molecule is NC(CC(=O)O)C(=O)Nc1c(Br)cccc1Br. The zero-order chi connectivity index (χ0) is 13.0. The van der Waals surface area contributed by atoms with Gasteiger partial charge in [0.1, 0.15) is 0 Å². The van der Waals surface area contributed by atoms with Crippen molar-refractivity contribution in [1.29, 1.82) is 0 Å². The second-order valence-electron chi connectivity index (χ2n) is 3.29. The first-order valence-electron chi connectivity index (χ1n) is 4.64. The zero-order valence-corrected chi connectivity index (χ0v) is 11.8. The van der Waals surface area contributed by atoms with E-state index >= 15 is 0 Å². The minimum atomic E-state index is -1.11. The average Bonchev–Trinajstić information content (AvgIpc) is 2.22. The van der Waals surface area contributed by atoms with E-state index < -0.39 is 24.3 Å². The molecule has 0 aromatic heterocycles. The predicted octanol–water partition coefficient (Wildman–Crippen LogP) is 1.95. The van der Waals surface area contributed by atoms with Crippen molar-refractivity contribution in [3.63, 3.8) is 0 Å². The molecule has 0 saturated heterocycles. The van der Waals surface area contributed by atoms with Crippen LogP contribution in [0, 0.1) is 0 Å². The van der Waals surface area contributed by atoms with E-state index in [2.05, 4.69) is 37.2 Å². The van der Waals surface area contributed by atoms with Gasteiger partial charge < -0.3 is 16.2 Å². The molecule has 0 aliphatic rings. The van der Waals surface area contributed by atoms with Crippen LogP contribution in [-0.2, 0) is 9.59 Å². The Morgan fingerprint density at radius 2 is 1.88 bits per heavy atom. The molecule has 0 fully saturated rings. The molecule has 0 heterocycles. The number of hydrogen-bond acceptors (Lipinski definition) is 3. The Morgan fingerprint density at radius 3 is 2.35 bits per heavy atom. The molecular weight excluding hydrogens is 356 g/mol. The number of hydrogen-bond donors (Lipinski definition) is 3. The molecule has 0 aliphatic heterocycles. The molecule has 1 amide bonds. The second kappa shape index (κ2) is 6.13. The highest BCUT2D eigenvalue weighted by Gasteiger charge is 2.18. The van der Waals surface area contributed by atoms with E-state index in [1.807, 2.05) is 0 Å². The maximum absolute atomic E-state index is 11.6. The normalized spacial score (nSPS) is 11.9. The molecule has 0 aliphatic carbocycles. The van der Waals surface area contributed by atoms with Crippen LogP contribution in [0.3, 0.4) is 0 Å². The van der Waals surface area contributed by atoms with Gasteiger partial charge in [-0.3, -0.25) is 9.59 Å². The van der Waals surface area contributed by atoms with Crippen molar-refractivity contribution in [3.05, 3.63) is 27.1 Å². The molecule has 0 bridgehead atoms. The number of nitrogens with one attached hydrogen (secondary N) is 1. The summed E-state index contributed by atoms with van der Waals surface area (Å²) in [5.41, 5.74) is 5.97. The molecule has 1 unspecified atom stereocenters. The van der Waals surface area contributed by atoms with Gasteiger partial charge in [0.15, 0.2) is 0 Å². The molecule has 0 radical (unpaired) electrons. The van der Waals surface area contributed by atoms with Crippen LogP contribution in [0.15, 0.2) is 27.1 Å². The predicted molar refractivity (Wildman–Crippen MR) is 70.7 cm³/mol. The van der Waals surface area contributed by atoms with Gasteiger partial charge in [0.25, 0.3) is 0 Å². The first-order chi connectivity index (χ1) is 7.91. The monoisotopic (exact) mass is 364 g/mol. The summed E-state index contributed by atoms with van der Waals surface area (Å²) in [7, 11) is 0. The Balaban J connectivity index is 2.78. The Kier molecular flexibility index (Phi) is 5.10. The third-order valence-electron chi connectivity index (χ3n) is 1.94. The lowest BCUT2D eigenvalue weighted by atomic mass is 10.2. The lowest BCUT2D eigenvalue weighted by Gasteiger charge is -2.12. The third-order valence-corrected chi connectivity index (χ3v) is 3.26. The summed E-state index contributed by atoms with van der Waals surface area (Å²) in [6.45, 7) is 0. The fourth-order valence-corrected chi connectivity index (χ4v) is 2.31. The average molecular weight is 366 g/mol. The van der Waals surface area contributed by atoms with E-state index in [0.717, 1.165) is 0 Å². The number of carbonyl (C=O) groups excluding carboxylic acids is 1. The summed E-state index contributed by atoms with van der Waals surface area (Å²) >= 11 is 6.55. The van der Waals surface area contributed by atoms with Crippen LogP contribution in [-0.4, -0.2) is 23.0 Å². The van der Waals surface area contributed by atoms with E-state index in [0.29, 0.717) is 14.6 Å². The Morgan fingerprint density at radius 1 is 1.35 bits per heavy atom. The number of amides is 1. The largest absolute Gasteiger partial charge is 0.481 e. The first kappa shape index (κ1) is 14.1. The number of benzene rings is 1. The summed E-state index contributed by atoms with van der Waals surface area (Å²) < 4.78 is 1.37. The number of aliphatic carboxylic acids is 1. The van der Waals surface area contributed by atoms with Crippen LogP contribution < -0.4 is 11.1 Å². The van der Waals surface area contributed by atoms with Gasteiger partial charge in [-0.15, -0.1) is 0 Å². The van der Waals surface area contributed by atoms with Crippen molar-refractivity contribution in [3.8, 4) is 0 Å². The summed E-state index contributed by atoms with van der Waals surface area (Å²) in [4.78, 5) is 22.0. The molecule has 1 aromatic rings. The number of rotatable bonds is 4. The van der Waals surface area contributed by atoms with Crippen LogP contribution in [0.4, 0.5) is 5.69 Å². The number of para-hydroxylation sites is 1. The van der Waals surface area contributed by atoms with E-state index in [1.54, 1.807) is 18.2 Å². The summed E-state index contributed by atoms with van der Waals surface area (Å²) in [5, 5.41) is 11.1. The van der Waals surface area contributed by atoms with Gasteiger partial charge in [-0.05, 0) is 44.0 Å². The first-order valence-corrected chi connectivity index (χ1v) is 6.22. The van der Waals surface area contributed by atoms with Gasteiger partial charge in [0.2, 0.25) is 5.91 Å². The van der Waals surface area contributed by atoms with Crippen LogP contribution >= 0.6 is 31.9 Å². The molecule has 0 spiro atoms. The smallest absolute Gasteiger partial charge is 0.305 e. The van der Waals surface area contributed by atoms with Gasteiger partial charge in [-0.25, -0.2) is 0 Å². The molecule has 1 aromatic carbocycles. The Bertz CT molecular complexity index is 431. The van der Waals surface area contributed by atoms with Crippen LogP contribution in [0.2, 0.25) is 0 Å². The zero-order valence-electron chi connectivity index (χ0n) is 8.61. The topological polar surface area (TPSA) is 92.4 Å². The number of carboxylic acids is 1. The lowest BCUT2D eigenvalue weighted by molar-refractivity contribution is -0.138. The summed E-state index contributed by atoms with van der Waals surface area (Å²) in [6.07, 6.45) is -0.409. The number of halogens is 2. The lowest BCUT2D eigenvalue weighted by Crippen LogP contribution is -2.37. The summed E-state index contributed by atoms with van der Waals surface area (Å²) in [5.74, 6) is -1.65. The maximum atomic E-state index is 11.6. The maximum Gasteiger partial charge on any atom is 0.305 e. The molecule has 5 nitrogen and oxygen atoms in total. The van der Waals surface area contributed by atoms with Gasteiger partial charge in [-0.2, -0.15) is 0 Å². The molecular formula is C10H10Br2N2O3. The quantitative estimate of drug-likeness (QED) is 0.760. The molecule has 92 valence electrons. The van der Waals surface area contributed by atoms with Crippen molar-refractivity contribution in [2.75, 3.05) is 5.32 Å². The highest BCUT2D eigenvalue weighted by atomic mass is 79.9. The van der Waals surface area contributed by atoms with E-state index in [9.17, 15) is 9.59 Å². The van der Waals surface area contributed by atoms with Gasteiger partial charge >= 0.3 is 5.97 Å². The molecule has 4 N–H and O–H groups in total. The van der Waals surface area contributed by atoms with Crippen molar-refractivity contribution in [2.45, 2.75) is 12.5 Å². The van der Waals surface area contributed by atoms with Gasteiger partial charge in [-0.1, -0.05) is 6.07 Å². The fourth-order valence-electron chi connectivity index (χ4n) is 1.11. The number of carbonyl (C=O) groups is 2. The van der Waals surface area contributed by atoms with Crippen LogP contribution in [0.25, 0.3) is 0 Å². The molecule has 0 saturated carbocycles. The van der Waals surface area contributed by atoms with Crippen molar-refractivity contribution in [1.82, 2.24) is 0 Å². The molecule has 7 heteroatoms. The molecule has 1 atom stereocenters. The van der Waals surface area contributed by atoms with E-state index in [-0.39, 0.29) is 0 Å². The fraction of sp³-hybridized carbons (Fsp3) is 0.200. The molecule has 1 rings (SSSR count). The standard InChI is InChI=1S/C10H10Br2N2O3/c11-5-2-1-3-6(12)9(5)14-10(17)7(13)4-8(15)16/h1-3,7H,4,13H2,(H,14,17)(H,15,16). The summed E-state index contributed by atoms with van der Waals surface area (Å²) in [6, 6.07) is 4.22. The van der Waals surface area contributed by atoms with Crippen molar-refractivity contribution >= 4 is 49.4 Å². The van der Waals surface area contributed by atoms with Crippen LogP contribution in [0.1, 0.15) is 6.42 Å². The number of nitrogens with two attached hydrogens (primary N) is 1.